The normalized spacial score (nSPS) is 9.82. The van der Waals surface area contributed by atoms with Gasteiger partial charge in [-0.3, -0.25) is 0 Å². The molecule has 0 aliphatic carbocycles. The number of ether oxygens (including phenoxy) is 2. The second-order valence-electron chi connectivity index (χ2n) is 14.1. The molecular weight excluding hydrogens is 716 g/mol. The van der Waals surface area contributed by atoms with Gasteiger partial charge >= 0.3 is 0 Å². The van der Waals surface area contributed by atoms with Crippen LogP contribution in [0.25, 0.3) is 0 Å². The van der Waals surface area contributed by atoms with Crippen LogP contribution in [0.5, 0.6) is 23.0 Å². The molecule has 0 radical (unpaired) electrons. The Morgan fingerprint density at radius 3 is 1.12 bits per heavy atom. The van der Waals surface area contributed by atoms with Gasteiger partial charge < -0.3 is 9.47 Å². The summed E-state index contributed by atoms with van der Waals surface area (Å²) in [6.45, 7) is 14.7. The molecule has 0 saturated carbocycles. The van der Waals surface area contributed by atoms with E-state index in [9.17, 15) is 0 Å². The van der Waals surface area contributed by atoms with Gasteiger partial charge in [0.05, 0.1) is 0 Å². The molecule has 298 valence electrons. The number of hydrogen-bond acceptors (Lipinski definition) is 2. The average molecular weight is 780 g/mol. The minimum absolute atomic E-state index is 0. The summed E-state index contributed by atoms with van der Waals surface area (Å²) in [6.07, 6.45) is 1.97. The van der Waals surface area contributed by atoms with Crippen LogP contribution in [0.15, 0.2) is 158 Å². The van der Waals surface area contributed by atoms with Gasteiger partial charge in [0.2, 0.25) is 0 Å². The van der Waals surface area contributed by atoms with Crippen molar-refractivity contribution in [3.8, 4) is 23.0 Å². The Bertz CT molecular complexity index is 2100. The predicted molar refractivity (Wildman–Crippen MR) is 249 cm³/mol. The molecule has 7 aromatic rings. The van der Waals surface area contributed by atoms with Crippen LogP contribution in [0.4, 0.5) is 0 Å². The smallest absolute Gasteiger partial charge is 0.131 e. The first-order chi connectivity index (χ1) is 26.0. The largest absolute Gasteiger partial charge is 0.457 e. The highest BCUT2D eigenvalue weighted by Gasteiger charge is 2.04. The minimum Gasteiger partial charge on any atom is -0.457 e. The monoisotopic (exact) mass is 778 g/mol. The maximum Gasteiger partial charge on any atom is 0.131 e. The Morgan fingerprint density at radius 2 is 0.702 bits per heavy atom. The fraction of sp³-hybridized carbons (Fsp3) is 0.222. The Hall–Kier alpha value is -5.57. The summed E-state index contributed by atoms with van der Waals surface area (Å²) in [4.78, 5) is 0. The van der Waals surface area contributed by atoms with E-state index < -0.39 is 0 Å². The van der Waals surface area contributed by atoms with E-state index in [1.807, 2.05) is 93.6 Å². The summed E-state index contributed by atoms with van der Waals surface area (Å²) in [6, 6.07) is 54.0. The number of aryl methyl sites for hydroxylation is 7. The van der Waals surface area contributed by atoms with Crippen LogP contribution in [0.1, 0.15) is 83.5 Å². The molecule has 2 nitrogen and oxygen atoms in total. The van der Waals surface area contributed by atoms with Crippen LogP contribution < -0.4 is 9.47 Å². The molecule has 0 aliphatic heterocycles. The van der Waals surface area contributed by atoms with E-state index in [0.717, 1.165) is 46.4 Å². The van der Waals surface area contributed by atoms with Crippen LogP contribution >= 0.6 is 11.6 Å². The molecule has 0 atom stereocenters. The fourth-order valence-corrected chi connectivity index (χ4v) is 5.98. The second kappa shape index (κ2) is 23.5. The lowest BCUT2D eigenvalue weighted by molar-refractivity contribution is 0.460. The molecule has 0 amide bonds. The molecule has 0 N–H and O–H groups in total. The van der Waals surface area contributed by atoms with Crippen molar-refractivity contribution in [2.45, 2.75) is 83.6 Å². The molecule has 0 heterocycles. The van der Waals surface area contributed by atoms with Crippen LogP contribution in [0.3, 0.4) is 0 Å². The molecule has 57 heavy (non-hydrogen) atoms. The second-order valence-corrected chi connectivity index (χ2v) is 14.5. The van der Waals surface area contributed by atoms with Gasteiger partial charge in [-0.15, -0.1) is 0 Å². The van der Waals surface area contributed by atoms with Gasteiger partial charge in [0.1, 0.15) is 23.0 Å². The first-order valence-corrected chi connectivity index (χ1v) is 18.9. The van der Waals surface area contributed by atoms with Crippen molar-refractivity contribution >= 4 is 11.6 Å². The number of benzene rings is 7. The molecule has 0 bridgehead atoms. The fourth-order valence-electron chi connectivity index (χ4n) is 5.77. The van der Waals surface area contributed by atoms with E-state index in [2.05, 4.69) is 113 Å². The molecule has 0 unspecified atom stereocenters. The molecule has 0 fully saturated rings. The molecule has 0 saturated heterocycles. The third-order valence-electron chi connectivity index (χ3n) is 9.12. The maximum absolute atomic E-state index is 6.14. The lowest BCUT2D eigenvalue weighted by Crippen LogP contribution is -1.91. The zero-order valence-electron chi connectivity index (χ0n) is 32.6. The Morgan fingerprint density at radius 1 is 0.333 bits per heavy atom. The molecule has 0 aromatic heterocycles. The highest BCUT2D eigenvalue weighted by atomic mass is 35.5. The number of rotatable bonds is 8. The van der Waals surface area contributed by atoms with Gasteiger partial charge in [-0.25, -0.2) is 0 Å². The first kappa shape index (κ1) is 47.6. The topological polar surface area (TPSA) is 18.5 Å². The lowest BCUT2D eigenvalue weighted by Gasteiger charge is -2.10. The van der Waals surface area contributed by atoms with E-state index in [-0.39, 0.29) is 22.3 Å². The van der Waals surface area contributed by atoms with Gasteiger partial charge in [0.25, 0.3) is 0 Å². The van der Waals surface area contributed by atoms with Crippen molar-refractivity contribution in [3.63, 3.8) is 0 Å². The van der Waals surface area contributed by atoms with Crippen molar-refractivity contribution in [2.75, 3.05) is 0 Å². The zero-order valence-corrected chi connectivity index (χ0v) is 33.4. The number of halogens is 1. The lowest BCUT2D eigenvalue weighted by atomic mass is 10.00. The molecule has 0 spiro atoms. The van der Waals surface area contributed by atoms with E-state index in [1.165, 1.54) is 55.6 Å². The summed E-state index contributed by atoms with van der Waals surface area (Å²) in [5.74, 6) is 3.17. The minimum atomic E-state index is 0. The Kier molecular flexibility index (Phi) is 19.6. The molecular formula is C54H63ClO2. The SMILES string of the molecule is C.C.C.Cc1ccc(Cc2ccc(C)c(Cl)c2)cc1C.Cc1ccc(Cc2ccc(C)cc2)cc1.Cc1cccc(Oc2cccc(Oc3cccc(C)c3)c2)c1. The van der Waals surface area contributed by atoms with Crippen molar-refractivity contribution < 1.29 is 9.47 Å². The van der Waals surface area contributed by atoms with Gasteiger partial charge in [-0.2, -0.15) is 0 Å². The first-order valence-electron chi connectivity index (χ1n) is 18.5. The summed E-state index contributed by atoms with van der Waals surface area (Å²) in [7, 11) is 0. The third-order valence-corrected chi connectivity index (χ3v) is 9.53. The zero-order chi connectivity index (χ0) is 38.5. The van der Waals surface area contributed by atoms with E-state index in [4.69, 9.17) is 21.1 Å². The summed E-state index contributed by atoms with van der Waals surface area (Å²) >= 11 is 6.14. The Balaban J connectivity index is 0.000000293. The molecule has 0 aliphatic rings. The van der Waals surface area contributed by atoms with Gasteiger partial charge in [-0.05, 0) is 154 Å². The molecule has 7 rings (SSSR count). The third kappa shape index (κ3) is 15.8. The van der Waals surface area contributed by atoms with Crippen molar-refractivity contribution in [2.24, 2.45) is 0 Å². The average Bonchev–Trinajstić information content (AvgIpc) is 3.14. The summed E-state index contributed by atoms with van der Waals surface area (Å²) in [5.41, 5.74) is 14.2. The van der Waals surface area contributed by atoms with Gasteiger partial charge in [0.15, 0.2) is 0 Å². The van der Waals surface area contributed by atoms with Crippen molar-refractivity contribution in [1.29, 1.82) is 0 Å². The van der Waals surface area contributed by atoms with Crippen molar-refractivity contribution in [1.82, 2.24) is 0 Å². The van der Waals surface area contributed by atoms with Crippen LogP contribution in [-0.2, 0) is 12.8 Å². The highest BCUT2D eigenvalue weighted by Crippen LogP contribution is 2.29. The van der Waals surface area contributed by atoms with Gasteiger partial charge in [-0.1, -0.05) is 154 Å². The highest BCUT2D eigenvalue weighted by molar-refractivity contribution is 6.31. The van der Waals surface area contributed by atoms with E-state index >= 15 is 0 Å². The maximum atomic E-state index is 6.14. The van der Waals surface area contributed by atoms with E-state index in [1.54, 1.807) is 0 Å². The standard InChI is InChI=1S/C20H18O2.C16H17Cl.C15H16.3CH4/c1-15-6-3-8-17(12-15)21-19-10-5-11-20(14-19)22-18-9-4-7-16(2)13-18;1-11-4-6-14(8-13(11)3)9-15-7-5-12(2)16(17)10-15;1-12-3-7-14(8-4-12)11-15-9-5-13(2)6-10-15;;;/h3-14H,1-2H3;4-8,10H,9H2,1-3H3;3-10H,11H2,1-2H3;3*1H4. The van der Waals surface area contributed by atoms with Crippen molar-refractivity contribution in [3.05, 3.63) is 224 Å². The quantitative estimate of drug-likeness (QED) is 0.153. The number of hydrogen-bond donors (Lipinski definition) is 0. The molecule has 3 heteroatoms. The summed E-state index contributed by atoms with van der Waals surface area (Å²) in [5, 5.41) is 0.853. The predicted octanol–water partition coefficient (Wildman–Crippen LogP) is 16.5. The Labute approximate surface area is 350 Å². The summed E-state index contributed by atoms with van der Waals surface area (Å²) < 4.78 is 11.8. The van der Waals surface area contributed by atoms with E-state index in [0.29, 0.717) is 0 Å². The van der Waals surface area contributed by atoms with Gasteiger partial charge in [0, 0.05) is 11.1 Å². The van der Waals surface area contributed by atoms with Crippen LogP contribution in [-0.4, -0.2) is 0 Å². The van der Waals surface area contributed by atoms with Crippen LogP contribution in [0.2, 0.25) is 5.02 Å². The molecule has 7 aromatic carbocycles. The van der Waals surface area contributed by atoms with Crippen LogP contribution in [0, 0.1) is 48.5 Å².